The third-order valence-corrected chi connectivity index (χ3v) is 3.50. The molecule has 1 aromatic rings. The summed E-state index contributed by atoms with van der Waals surface area (Å²) in [5.41, 5.74) is 0. The zero-order chi connectivity index (χ0) is 10.5. The van der Waals surface area contributed by atoms with Crippen LogP contribution in [0.2, 0.25) is 0 Å². The molecule has 2 rings (SSSR count). The van der Waals surface area contributed by atoms with Crippen LogP contribution in [0.15, 0.2) is 23.2 Å². The monoisotopic (exact) mass is 223 g/mol. The number of pyridine rings is 1. The molecule has 1 saturated carbocycles. The number of ether oxygens (including phenoxy) is 1. The van der Waals surface area contributed by atoms with E-state index in [4.69, 9.17) is 4.74 Å². The zero-order valence-electron chi connectivity index (χ0n) is 9.11. The second kappa shape index (κ2) is 5.40. The van der Waals surface area contributed by atoms with E-state index >= 15 is 0 Å². The molecule has 15 heavy (non-hydrogen) atoms. The molecule has 0 N–H and O–H groups in total. The van der Waals surface area contributed by atoms with Crippen molar-refractivity contribution in [3.8, 4) is 5.88 Å². The van der Waals surface area contributed by atoms with Crippen LogP contribution in [0.4, 0.5) is 0 Å². The molecule has 1 aliphatic rings. The lowest BCUT2D eigenvalue weighted by Crippen LogP contribution is -2.20. The van der Waals surface area contributed by atoms with Gasteiger partial charge in [0.1, 0.15) is 6.10 Å². The first-order valence-corrected chi connectivity index (χ1v) is 6.77. The summed E-state index contributed by atoms with van der Waals surface area (Å²) in [7, 11) is 0. The minimum absolute atomic E-state index is 0.395. The lowest BCUT2D eigenvalue weighted by atomic mass is 9.98. The van der Waals surface area contributed by atoms with E-state index in [1.165, 1.54) is 37.0 Å². The summed E-state index contributed by atoms with van der Waals surface area (Å²) < 4.78 is 5.83. The molecule has 0 radical (unpaired) electrons. The topological polar surface area (TPSA) is 22.1 Å². The summed E-state index contributed by atoms with van der Waals surface area (Å²) in [6.07, 6.45) is 10.7. The van der Waals surface area contributed by atoms with Gasteiger partial charge in [-0.3, -0.25) is 0 Å². The quantitative estimate of drug-likeness (QED) is 0.732. The fourth-order valence-corrected chi connectivity index (χ4v) is 2.27. The standard InChI is InChI=1S/C12H17NOS/c1-15-11-7-8-12(13-9-11)14-10-5-3-2-4-6-10/h7-10H,2-6H2,1H3. The minimum atomic E-state index is 0.395. The Hall–Kier alpha value is -0.700. The van der Waals surface area contributed by atoms with Gasteiger partial charge in [0.2, 0.25) is 5.88 Å². The largest absolute Gasteiger partial charge is 0.474 e. The van der Waals surface area contributed by atoms with E-state index < -0.39 is 0 Å². The van der Waals surface area contributed by atoms with Crippen LogP contribution in [0.5, 0.6) is 5.88 Å². The van der Waals surface area contributed by atoms with Gasteiger partial charge in [-0.25, -0.2) is 4.98 Å². The second-order valence-electron chi connectivity index (χ2n) is 3.91. The van der Waals surface area contributed by atoms with Gasteiger partial charge in [-0.2, -0.15) is 0 Å². The average Bonchev–Trinajstić information content (AvgIpc) is 2.31. The second-order valence-corrected chi connectivity index (χ2v) is 4.79. The molecule has 1 aromatic heterocycles. The number of nitrogens with zero attached hydrogens (tertiary/aromatic N) is 1. The van der Waals surface area contributed by atoms with Gasteiger partial charge in [0, 0.05) is 17.2 Å². The normalized spacial score (nSPS) is 17.7. The Morgan fingerprint density at radius 3 is 2.67 bits per heavy atom. The summed E-state index contributed by atoms with van der Waals surface area (Å²) in [5, 5.41) is 0. The molecule has 0 atom stereocenters. The number of thioether (sulfide) groups is 1. The molecule has 3 heteroatoms. The Kier molecular flexibility index (Phi) is 3.89. The number of rotatable bonds is 3. The molecular formula is C12H17NOS. The Morgan fingerprint density at radius 1 is 1.27 bits per heavy atom. The first-order valence-electron chi connectivity index (χ1n) is 5.55. The highest BCUT2D eigenvalue weighted by atomic mass is 32.2. The van der Waals surface area contributed by atoms with Crippen molar-refractivity contribution in [2.24, 2.45) is 0 Å². The van der Waals surface area contributed by atoms with E-state index in [0.29, 0.717) is 6.10 Å². The molecule has 1 aliphatic carbocycles. The summed E-state index contributed by atoms with van der Waals surface area (Å²) in [4.78, 5) is 5.49. The van der Waals surface area contributed by atoms with Gasteiger partial charge in [-0.05, 0) is 38.0 Å². The van der Waals surface area contributed by atoms with Crippen LogP contribution in [0.25, 0.3) is 0 Å². The maximum atomic E-state index is 5.83. The molecule has 0 unspecified atom stereocenters. The van der Waals surface area contributed by atoms with E-state index in [1.807, 2.05) is 12.3 Å². The maximum absolute atomic E-state index is 5.83. The van der Waals surface area contributed by atoms with Gasteiger partial charge in [-0.15, -0.1) is 11.8 Å². The lowest BCUT2D eigenvalue weighted by molar-refractivity contribution is 0.148. The molecule has 0 amide bonds. The molecular weight excluding hydrogens is 206 g/mol. The van der Waals surface area contributed by atoms with Gasteiger partial charge >= 0.3 is 0 Å². The van der Waals surface area contributed by atoms with Crippen LogP contribution in [0, 0.1) is 0 Å². The van der Waals surface area contributed by atoms with Crippen molar-refractivity contribution >= 4 is 11.8 Å². The highest BCUT2D eigenvalue weighted by Gasteiger charge is 2.14. The molecule has 0 aromatic carbocycles. The zero-order valence-corrected chi connectivity index (χ0v) is 9.93. The molecule has 2 nitrogen and oxygen atoms in total. The van der Waals surface area contributed by atoms with Gasteiger partial charge in [0.15, 0.2) is 0 Å². The fraction of sp³-hybridized carbons (Fsp3) is 0.583. The molecule has 0 bridgehead atoms. The molecule has 1 heterocycles. The average molecular weight is 223 g/mol. The van der Waals surface area contributed by atoms with Gasteiger partial charge in [0.25, 0.3) is 0 Å². The van der Waals surface area contributed by atoms with Crippen molar-refractivity contribution in [2.75, 3.05) is 6.26 Å². The Bertz CT molecular complexity index is 293. The van der Waals surface area contributed by atoms with Crippen LogP contribution in [-0.2, 0) is 0 Å². The van der Waals surface area contributed by atoms with Gasteiger partial charge in [0.05, 0.1) is 0 Å². The molecule has 0 saturated heterocycles. The van der Waals surface area contributed by atoms with Gasteiger partial charge in [-0.1, -0.05) is 6.42 Å². The van der Waals surface area contributed by atoms with Crippen LogP contribution in [0.3, 0.4) is 0 Å². The lowest BCUT2D eigenvalue weighted by Gasteiger charge is -2.22. The van der Waals surface area contributed by atoms with Crippen molar-refractivity contribution in [3.63, 3.8) is 0 Å². The van der Waals surface area contributed by atoms with E-state index in [0.717, 1.165) is 5.88 Å². The third kappa shape index (κ3) is 3.13. The van der Waals surface area contributed by atoms with E-state index in [-0.39, 0.29) is 0 Å². The minimum Gasteiger partial charge on any atom is -0.474 e. The van der Waals surface area contributed by atoms with Crippen LogP contribution >= 0.6 is 11.8 Å². The number of aromatic nitrogens is 1. The van der Waals surface area contributed by atoms with Crippen molar-refractivity contribution in [1.29, 1.82) is 0 Å². The highest BCUT2D eigenvalue weighted by Crippen LogP contribution is 2.23. The molecule has 0 spiro atoms. The Labute approximate surface area is 95.4 Å². The maximum Gasteiger partial charge on any atom is 0.213 e. The van der Waals surface area contributed by atoms with E-state index in [2.05, 4.69) is 17.3 Å². The summed E-state index contributed by atoms with van der Waals surface area (Å²) >= 11 is 1.71. The molecule has 1 fully saturated rings. The van der Waals surface area contributed by atoms with E-state index in [1.54, 1.807) is 11.8 Å². The van der Waals surface area contributed by atoms with E-state index in [9.17, 15) is 0 Å². The van der Waals surface area contributed by atoms with Crippen LogP contribution in [-0.4, -0.2) is 17.3 Å². The van der Waals surface area contributed by atoms with Crippen molar-refractivity contribution < 1.29 is 4.74 Å². The van der Waals surface area contributed by atoms with Gasteiger partial charge < -0.3 is 4.74 Å². The van der Waals surface area contributed by atoms with Crippen LogP contribution < -0.4 is 4.74 Å². The third-order valence-electron chi connectivity index (χ3n) is 2.78. The predicted octanol–water partition coefficient (Wildman–Crippen LogP) is 3.52. The predicted molar refractivity (Wildman–Crippen MR) is 63.5 cm³/mol. The first kappa shape index (κ1) is 10.8. The van der Waals surface area contributed by atoms with Crippen LogP contribution in [0.1, 0.15) is 32.1 Å². The molecule has 0 aliphatic heterocycles. The number of hydrogen-bond acceptors (Lipinski definition) is 3. The summed E-state index contributed by atoms with van der Waals surface area (Å²) in [5.74, 6) is 0.778. The highest BCUT2D eigenvalue weighted by molar-refractivity contribution is 7.98. The smallest absolute Gasteiger partial charge is 0.213 e. The summed E-state index contributed by atoms with van der Waals surface area (Å²) in [6, 6.07) is 4.04. The van der Waals surface area contributed by atoms with Crippen molar-refractivity contribution in [1.82, 2.24) is 4.98 Å². The molecule has 82 valence electrons. The first-order chi connectivity index (χ1) is 7.38. The van der Waals surface area contributed by atoms with Crippen molar-refractivity contribution in [2.45, 2.75) is 43.1 Å². The Morgan fingerprint density at radius 2 is 2.07 bits per heavy atom. The van der Waals surface area contributed by atoms with Crippen molar-refractivity contribution in [3.05, 3.63) is 18.3 Å². The summed E-state index contributed by atoms with van der Waals surface area (Å²) in [6.45, 7) is 0. The number of hydrogen-bond donors (Lipinski definition) is 0. The Balaban J connectivity index is 1.91. The SMILES string of the molecule is CSc1ccc(OC2CCCCC2)nc1. The fourth-order valence-electron chi connectivity index (χ4n) is 1.91.